The number of guanidine groups is 1. The Bertz CT molecular complexity index is 906. The second kappa shape index (κ2) is 5.87. The Hall–Kier alpha value is -2.28. The summed E-state index contributed by atoms with van der Waals surface area (Å²) in [6, 6.07) is 10.9. The van der Waals surface area contributed by atoms with Crippen LogP contribution in [0.5, 0.6) is 0 Å². The quantitative estimate of drug-likeness (QED) is 0.783. The molecule has 26 heavy (non-hydrogen) atoms. The summed E-state index contributed by atoms with van der Waals surface area (Å²) in [5.74, 6) is 1.55. The summed E-state index contributed by atoms with van der Waals surface area (Å²) in [6.07, 6.45) is 5.41. The number of aromatic nitrogens is 2. The molecule has 0 spiro atoms. The molecule has 2 atom stereocenters. The first kappa shape index (κ1) is 15.9. The van der Waals surface area contributed by atoms with Gasteiger partial charge in [-0.15, -0.1) is 0 Å². The number of carbonyl (C=O) groups is 1. The molecular formula is C19H21N5OS. The number of rotatable bonds is 3. The topological polar surface area (TPSA) is 53.7 Å². The molecule has 1 fully saturated rings. The molecule has 0 N–H and O–H groups in total. The Morgan fingerprint density at radius 3 is 2.81 bits per heavy atom. The van der Waals surface area contributed by atoms with Crippen LogP contribution in [-0.2, 0) is 6.54 Å². The lowest BCUT2D eigenvalue weighted by atomic mass is 10.1. The van der Waals surface area contributed by atoms with Crippen molar-refractivity contribution in [2.45, 2.75) is 43.0 Å². The van der Waals surface area contributed by atoms with Crippen LogP contribution in [-0.4, -0.2) is 51.7 Å². The smallest absolute Gasteiger partial charge is 0.280 e. The van der Waals surface area contributed by atoms with Gasteiger partial charge in [-0.3, -0.25) is 14.6 Å². The van der Waals surface area contributed by atoms with Gasteiger partial charge in [-0.1, -0.05) is 42.1 Å². The number of hydrogen-bond acceptors (Lipinski definition) is 5. The maximum absolute atomic E-state index is 13.2. The summed E-state index contributed by atoms with van der Waals surface area (Å²) in [7, 11) is 1.83. The minimum atomic E-state index is -0.0151. The van der Waals surface area contributed by atoms with E-state index >= 15 is 0 Å². The van der Waals surface area contributed by atoms with E-state index < -0.39 is 0 Å². The van der Waals surface area contributed by atoms with Gasteiger partial charge in [0, 0.05) is 7.05 Å². The Balaban J connectivity index is 1.65. The molecule has 2 aliphatic heterocycles. The Kier molecular flexibility index (Phi) is 3.60. The summed E-state index contributed by atoms with van der Waals surface area (Å²) in [5.41, 5.74) is 1.85. The number of benzene rings is 1. The molecule has 0 saturated heterocycles. The zero-order valence-electron chi connectivity index (χ0n) is 14.9. The van der Waals surface area contributed by atoms with Crippen molar-refractivity contribution in [3.8, 4) is 0 Å². The van der Waals surface area contributed by atoms with Crippen molar-refractivity contribution in [3.63, 3.8) is 0 Å². The highest BCUT2D eigenvalue weighted by Crippen LogP contribution is 2.41. The van der Waals surface area contributed by atoms with Crippen LogP contribution in [0.1, 0.15) is 35.3 Å². The van der Waals surface area contributed by atoms with Crippen LogP contribution in [0.3, 0.4) is 0 Å². The van der Waals surface area contributed by atoms with Gasteiger partial charge in [0.2, 0.25) is 5.96 Å². The second-order valence-electron chi connectivity index (χ2n) is 7.07. The number of aliphatic imine (C=N–C) groups is 1. The molecule has 1 amide bonds. The highest BCUT2D eigenvalue weighted by Gasteiger charge is 2.49. The average Bonchev–Trinajstić information content (AvgIpc) is 3.33. The third kappa shape index (κ3) is 2.16. The maximum Gasteiger partial charge on any atom is 0.280 e. The van der Waals surface area contributed by atoms with Crippen molar-refractivity contribution < 1.29 is 4.79 Å². The molecule has 1 aromatic heterocycles. The van der Waals surface area contributed by atoms with E-state index in [-0.39, 0.29) is 5.91 Å². The molecule has 1 saturated carbocycles. The van der Waals surface area contributed by atoms with Gasteiger partial charge < -0.3 is 4.57 Å². The van der Waals surface area contributed by atoms with Gasteiger partial charge in [0.05, 0.1) is 18.6 Å². The molecule has 0 bridgehead atoms. The van der Waals surface area contributed by atoms with E-state index in [9.17, 15) is 4.79 Å². The van der Waals surface area contributed by atoms with Crippen LogP contribution in [0.4, 0.5) is 5.82 Å². The first-order valence-corrected chi connectivity index (χ1v) is 10.2. The van der Waals surface area contributed by atoms with Crippen molar-refractivity contribution in [3.05, 3.63) is 41.6 Å². The predicted molar refractivity (Wildman–Crippen MR) is 103 cm³/mol. The maximum atomic E-state index is 13.2. The first-order chi connectivity index (χ1) is 12.7. The van der Waals surface area contributed by atoms with Gasteiger partial charge >= 0.3 is 0 Å². The number of thioether (sulfide) groups is 1. The highest BCUT2D eigenvalue weighted by molar-refractivity contribution is 7.98. The molecule has 1 aromatic carbocycles. The molecule has 2 unspecified atom stereocenters. The van der Waals surface area contributed by atoms with E-state index in [0.29, 0.717) is 24.3 Å². The fourth-order valence-electron chi connectivity index (χ4n) is 4.35. The van der Waals surface area contributed by atoms with Crippen LogP contribution in [0.15, 0.2) is 40.5 Å². The fraction of sp³-hybridized carbons (Fsp3) is 0.421. The largest absolute Gasteiger partial charge is 0.309 e. The van der Waals surface area contributed by atoms with Crippen LogP contribution < -0.4 is 4.90 Å². The Morgan fingerprint density at radius 2 is 2.04 bits per heavy atom. The lowest BCUT2D eigenvalue weighted by molar-refractivity contribution is 0.0854. The molecule has 2 aromatic rings. The number of imidazole rings is 1. The highest BCUT2D eigenvalue weighted by atomic mass is 32.2. The minimum absolute atomic E-state index is 0.0151. The summed E-state index contributed by atoms with van der Waals surface area (Å²) in [6.45, 7) is 0.646. The molecule has 0 radical (unpaired) electrons. The minimum Gasteiger partial charge on any atom is -0.309 e. The van der Waals surface area contributed by atoms with Crippen molar-refractivity contribution in [1.82, 2.24) is 14.5 Å². The number of amides is 1. The normalized spacial score (nSPS) is 23.8. The van der Waals surface area contributed by atoms with Gasteiger partial charge in [-0.2, -0.15) is 0 Å². The van der Waals surface area contributed by atoms with Crippen LogP contribution in [0.25, 0.3) is 0 Å². The molecular weight excluding hydrogens is 346 g/mol. The van der Waals surface area contributed by atoms with Crippen molar-refractivity contribution in [1.29, 1.82) is 0 Å². The van der Waals surface area contributed by atoms with E-state index in [4.69, 9.17) is 9.98 Å². The number of hydrogen-bond donors (Lipinski definition) is 0. The van der Waals surface area contributed by atoms with Crippen molar-refractivity contribution >= 4 is 29.4 Å². The molecule has 7 heteroatoms. The summed E-state index contributed by atoms with van der Waals surface area (Å²) < 4.78 is 2.06. The molecule has 5 rings (SSSR count). The Morgan fingerprint density at radius 1 is 1.23 bits per heavy atom. The van der Waals surface area contributed by atoms with Crippen LogP contribution >= 0.6 is 11.8 Å². The standard InChI is InChI=1S/C19H21N5OS/c1-22-17(25)15-16(24-14-10-6-9-13(14)20-18(22)24)21-19(26-2)23(15)11-12-7-4-3-5-8-12/h3-5,7-8,13-14H,6,9-11H2,1-2H3. The third-order valence-corrected chi connectivity index (χ3v) is 6.26. The third-order valence-electron chi connectivity index (χ3n) is 5.59. The number of carbonyl (C=O) groups excluding carboxylic acids is 1. The van der Waals surface area contributed by atoms with Crippen LogP contribution in [0.2, 0.25) is 0 Å². The zero-order valence-corrected chi connectivity index (χ0v) is 15.7. The van der Waals surface area contributed by atoms with Gasteiger partial charge in [-0.25, -0.2) is 9.98 Å². The SMILES string of the molecule is CSc1nc2c(n1Cc1ccccc1)C(=O)N(C)C1=NC3CCCC3N12. The fourth-order valence-corrected chi connectivity index (χ4v) is 4.90. The lowest BCUT2D eigenvalue weighted by Crippen LogP contribution is -2.51. The van der Waals surface area contributed by atoms with Gasteiger partial charge in [0.1, 0.15) is 0 Å². The average molecular weight is 367 g/mol. The predicted octanol–water partition coefficient (Wildman–Crippen LogP) is 2.84. The molecule has 6 nitrogen and oxygen atoms in total. The molecule has 3 heterocycles. The van der Waals surface area contributed by atoms with Gasteiger partial charge in [0.25, 0.3) is 5.91 Å². The van der Waals surface area contributed by atoms with E-state index in [1.807, 2.05) is 31.5 Å². The summed E-state index contributed by atoms with van der Waals surface area (Å²) in [4.78, 5) is 26.8. The Labute approximate surface area is 156 Å². The molecule has 1 aliphatic carbocycles. The number of fused-ring (bicyclic) bond motifs is 5. The van der Waals surface area contributed by atoms with E-state index in [1.165, 1.54) is 6.42 Å². The monoisotopic (exact) mass is 367 g/mol. The van der Waals surface area contributed by atoms with Crippen LogP contribution in [0, 0.1) is 0 Å². The lowest BCUT2D eigenvalue weighted by Gasteiger charge is -2.34. The number of anilines is 1. The van der Waals surface area contributed by atoms with E-state index in [0.717, 1.165) is 35.3 Å². The van der Waals surface area contributed by atoms with E-state index in [1.54, 1.807) is 16.7 Å². The van der Waals surface area contributed by atoms with E-state index in [2.05, 4.69) is 21.6 Å². The summed E-state index contributed by atoms with van der Waals surface area (Å²) in [5, 5.41) is 0.878. The second-order valence-corrected chi connectivity index (χ2v) is 7.84. The molecule has 134 valence electrons. The zero-order chi connectivity index (χ0) is 17.8. The van der Waals surface area contributed by atoms with Crippen molar-refractivity contribution in [2.75, 3.05) is 18.2 Å². The first-order valence-electron chi connectivity index (χ1n) is 9.02. The van der Waals surface area contributed by atoms with Gasteiger partial charge in [0.15, 0.2) is 16.7 Å². The van der Waals surface area contributed by atoms with Gasteiger partial charge in [-0.05, 0) is 31.1 Å². The van der Waals surface area contributed by atoms with Crippen molar-refractivity contribution in [2.24, 2.45) is 4.99 Å². The summed E-state index contributed by atoms with van der Waals surface area (Å²) >= 11 is 1.59. The molecule has 3 aliphatic rings. The number of nitrogens with zero attached hydrogens (tertiary/aromatic N) is 5.